The second kappa shape index (κ2) is 5.09. The van der Waals surface area contributed by atoms with E-state index in [-0.39, 0.29) is 11.9 Å². The lowest BCUT2D eigenvalue weighted by atomic mass is 10.1. The number of hydrogen-bond acceptors (Lipinski definition) is 4. The number of fused-ring (bicyclic) bond motifs is 3. The topological polar surface area (TPSA) is 46.3 Å². The van der Waals surface area contributed by atoms with Gasteiger partial charge in [-0.15, -0.1) is 22.7 Å². The lowest BCUT2D eigenvalue weighted by molar-refractivity contribution is 0.0720. The third-order valence-corrected chi connectivity index (χ3v) is 6.49. The number of thiophene rings is 2. The highest BCUT2D eigenvalue weighted by molar-refractivity contribution is 7.33. The van der Waals surface area contributed by atoms with Crippen molar-refractivity contribution in [2.24, 2.45) is 5.73 Å². The lowest BCUT2D eigenvalue weighted by Crippen LogP contribution is -2.42. The smallest absolute Gasteiger partial charge is 0.263 e. The van der Waals surface area contributed by atoms with Gasteiger partial charge in [-0.25, -0.2) is 0 Å². The molecule has 0 aliphatic carbocycles. The van der Waals surface area contributed by atoms with Gasteiger partial charge < -0.3 is 10.6 Å². The fourth-order valence-electron chi connectivity index (χ4n) is 2.86. The van der Waals surface area contributed by atoms with Gasteiger partial charge in [0.15, 0.2) is 0 Å². The van der Waals surface area contributed by atoms with Crippen molar-refractivity contribution in [3.05, 3.63) is 35.2 Å². The predicted octanol–water partition coefficient (Wildman–Crippen LogP) is 3.68. The molecule has 108 valence electrons. The highest BCUT2D eigenvalue weighted by Crippen LogP contribution is 2.39. The maximum absolute atomic E-state index is 12.6. The Morgan fingerprint density at radius 1 is 1.14 bits per heavy atom. The van der Waals surface area contributed by atoms with Gasteiger partial charge in [0.1, 0.15) is 0 Å². The Balaban J connectivity index is 1.69. The van der Waals surface area contributed by atoms with Gasteiger partial charge in [0.25, 0.3) is 5.91 Å². The van der Waals surface area contributed by atoms with Gasteiger partial charge in [0.05, 0.1) is 9.58 Å². The summed E-state index contributed by atoms with van der Waals surface area (Å²) in [4.78, 5) is 15.4. The van der Waals surface area contributed by atoms with Crippen molar-refractivity contribution < 1.29 is 4.79 Å². The molecule has 1 aliphatic heterocycles. The van der Waals surface area contributed by atoms with Crippen LogP contribution in [0.25, 0.3) is 19.5 Å². The summed E-state index contributed by atoms with van der Waals surface area (Å²) in [6.45, 7) is 1.57. The maximum Gasteiger partial charge on any atom is 0.263 e. The van der Waals surface area contributed by atoms with Gasteiger partial charge in [-0.2, -0.15) is 0 Å². The molecule has 0 radical (unpaired) electrons. The molecular formula is C16H16N2OS2. The van der Waals surface area contributed by atoms with E-state index >= 15 is 0 Å². The van der Waals surface area contributed by atoms with Crippen LogP contribution in [0.5, 0.6) is 0 Å². The molecule has 0 unspecified atom stereocenters. The first-order chi connectivity index (χ1) is 10.2. The van der Waals surface area contributed by atoms with E-state index in [1.165, 1.54) is 19.5 Å². The Hall–Kier alpha value is -1.43. The molecule has 4 rings (SSSR count). The number of benzene rings is 1. The predicted molar refractivity (Wildman–Crippen MR) is 90.3 cm³/mol. The zero-order chi connectivity index (χ0) is 14.4. The van der Waals surface area contributed by atoms with Crippen LogP contribution in [0.4, 0.5) is 0 Å². The van der Waals surface area contributed by atoms with Gasteiger partial charge in [-0.3, -0.25) is 4.79 Å². The minimum atomic E-state index is 0.166. The number of nitrogens with zero attached hydrogens (tertiary/aromatic N) is 1. The van der Waals surface area contributed by atoms with Gasteiger partial charge in [0.2, 0.25) is 0 Å². The molecule has 3 nitrogen and oxygen atoms in total. The van der Waals surface area contributed by atoms with E-state index in [4.69, 9.17) is 5.73 Å². The minimum absolute atomic E-state index is 0.166. The highest BCUT2D eigenvalue weighted by atomic mass is 32.1. The van der Waals surface area contributed by atoms with Crippen molar-refractivity contribution in [2.45, 2.75) is 18.9 Å². The van der Waals surface area contributed by atoms with Crippen LogP contribution in [-0.4, -0.2) is 29.9 Å². The monoisotopic (exact) mass is 316 g/mol. The van der Waals surface area contributed by atoms with E-state index < -0.39 is 0 Å². The number of carbonyl (C=O) groups is 1. The second-order valence-electron chi connectivity index (χ2n) is 5.53. The first-order valence-electron chi connectivity index (χ1n) is 7.18. The maximum atomic E-state index is 12.6. The average Bonchev–Trinajstić information content (AvgIpc) is 3.05. The molecule has 1 aliphatic rings. The van der Waals surface area contributed by atoms with Crippen molar-refractivity contribution in [1.82, 2.24) is 4.90 Å². The van der Waals surface area contributed by atoms with Crippen LogP contribution in [0.1, 0.15) is 22.5 Å². The molecule has 0 bridgehead atoms. The summed E-state index contributed by atoms with van der Waals surface area (Å²) in [5.74, 6) is 0.166. The van der Waals surface area contributed by atoms with Crippen LogP contribution in [-0.2, 0) is 0 Å². The van der Waals surface area contributed by atoms with Gasteiger partial charge in [-0.1, -0.05) is 18.2 Å². The number of carbonyl (C=O) groups excluding carboxylic acids is 1. The van der Waals surface area contributed by atoms with E-state index in [1.807, 2.05) is 4.90 Å². The number of rotatable bonds is 1. The van der Waals surface area contributed by atoms with Crippen molar-refractivity contribution >= 4 is 48.1 Å². The Morgan fingerprint density at radius 2 is 1.90 bits per heavy atom. The summed E-state index contributed by atoms with van der Waals surface area (Å²) in [5.41, 5.74) is 5.91. The summed E-state index contributed by atoms with van der Waals surface area (Å²) in [6, 6.07) is 10.7. The van der Waals surface area contributed by atoms with Crippen LogP contribution in [0, 0.1) is 0 Å². The van der Waals surface area contributed by atoms with Crippen molar-refractivity contribution in [2.75, 3.05) is 13.1 Å². The van der Waals surface area contributed by atoms with E-state index in [0.717, 1.165) is 30.8 Å². The first kappa shape index (κ1) is 13.2. The van der Waals surface area contributed by atoms with E-state index in [1.54, 1.807) is 22.7 Å². The SMILES string of the molecule is NC1CCN(C(=O)c2cc3sc4ccccc4c3s2)CC1. The molecule has 21 heavy (non-hydrogen) atoms. The molecule has 1 amide bonds. The van der Waals surface area contributed by atoms with Crippen molar-refractivity contribution in [1.29, 1.82) is 0 Å². The molecule has 2 aromatic heterocycles. The van der Waals surface area contributed by atoms with E-state index in [0.29, 0.717) is 0 Å². The molecule has 5 heteroatoms. The molecule has 1 aromatic carbocycles. The van der Waals surface area contributed by atoms with E-state index in [2.05, 4.69) is 30.3 Å². The molecule has 2 N–H and O–H groups in total. The van der Waals surface area contributed by atoms with Gasteiger partial charge in [0, 0.05) is 33.9 Å². The third-order valence-electron chi connectivity index (χ3n) is 4.09. The Labute approximate surface area is 131 Å². The van der Waals surface area contributed by atoms with Gasteiger partial charge >= 0.3 is 0 Å². The van der Waals surface area contributed by atoms with Crippen LogP contribution in [0.15, 0.2) is 30.3 Å². The summed E-state index contributed by atoms with van der Waals surface area (Å²) in [7, 11) is 0. The highest BCUT2D eigenvalue weighted by Gasteiger charge is 2.23. The fraction of sp³-hybridized carbons (Fsp3) is 0.312. The number of nitrogens with two attached hydrogens (primary N) is 1. The van der Waals surface area contributed by atoms with Gasteiger partial charge in [-0.05, 0) is 25.0 Å². The molecular weight excluding hydrogens is 300 g/mol. The quantitative estimate of drug-likeness (QED) is 0.744. The Morgan fingerprint density at radius 3 is 2.71 bits per heavy atom. The lowest BCUT2D eigenvalue weighted by Gasteiger charge is -2.29. The Kier molecular flexibility index (Phi) is 3.21. The van der Waals surface area contributed by atoms with Crippen LogP contribution >= 0.6 is 22.7 Å². The van der Waals surface area contributed by atoms with Crippen LogP contribution in [0.2, 0.25) is 0 Å². The number of piperidine rings is 1. The third kappa shape index (κ3) is 2.25. The minimum Gasteiger partial charge on any atom is -0.338 e. The van der Waals surface area contributed by atoms with Crippen LogP contribution in [0.3, 0.4) is 0 Å². The molecule has 1 saturated heterocycles. The fourth-order valence-corrected chi connectivity index (χ4v) is 5.36. The summed E-state index contributed by atoms with van der Waals surface area (Å²) < 4.78 is 3.76. The standard InChI is InChI=1S/C16H16N2OS2/c17-10-5-7-18(8-6-10)16(19)14-9-13-15(21-14)11-3-1-2-4-12(11)20-13/h1-4,9-10H,5-8,17H2. The first-order valence-corrected chi connectivity index (χ1v) is 8.81. The van der Waals surface area contributed by atoms with E-state index in [9.17, 15) is 4.79 Å². The largest absolute Gasteiger partial charge is 0.338 e. The van der Waals surface area contributed by atoms with Crippen LogP contribution < -0.4 is 5.73 Å². The Bertz CT molecular complexity index is 812. The molecule has 0 atom stereocenters. The molecule has 3 aromatic rings. The van der Waals surface area contributed by atoms with Crippen molar-refractivity contribution in [3.63, 3.8) is 0 Å². The zero-order valence-electron chi connectivity index (χ0n) is 11.5. The summed E-state index contributed by atoms with van der Waals surface area (Å²) in [5, 5.41) is 1.27. The molecule has 1 fully saturated rings. The molecule has 3 heterocycles. The average molecular weight is 316 g/mol. The zero-order valence-corrected chi connectivity index (χ0v) is 13.2. The summed E-state index contributed by atoms with van der Waals surface area (Å²) >= 11 is 3.39. The summed E-state index contributed by atoms with van der Waals surface area (Å²) in [6.07, 6.45) is 1.82. The molecule has 0 saturated carbocycles. The normalized spacial score (nSPS) is 16.9. The number of hydrogen-bond donors (Lipinski definition) is 1. The van der Waals surface area contributed by atoms with Crippen molar-refractivity contribution in [3.8, 4) is 0 Å². The number of likely N-dealkylation sites (tertiary alicyclic amines) is 1. The second-order valence-corrected chi connectivity index (χ2v) is 7.67. The molecule has 0 spiro atoms. The number of amides is 1.